The lowest BCUT2D eigenvalue weighted by molar-refractivity contribution is 0.134. The van der Waals surface area contributed by atoms with Crippen molar-refractivity contribution in [1.29, 1.82) is 0 Å². The topological polar surface area (TPSA) is 117 Å². The molecule has 0 aliphatic carbocycles. The molecular formula is C22H30ClN7O3S. The molecule has 12 heteroatoms. The van der Waals surface area contributed by atoms with E-state index >= 15 is 0 Å². The fourth-order valence-corrected chi connectivity index (χ4v) is 6.01. The number of nitrogens with two attached hydrogens (primary N) is 1. The van der Waals surface area contributed by atoms with Crippen molar-refractivity contribution in [2.75, 3.05) is 57.3 Å². The maximum absolute atomic E-state index is 12.8. The van der Waals surface area contributed by atoms with Crippen LogP contribution in [0.3, 0.4) is 0 Å². The maximum Gasteiger partial charge on any atom is 0.344 e. The summed E-state index contributed by atoms with van der Waals surface area (Å²) in [6, 6.07) is 7.53. The van der Waals surface area contributed by atoms with Crippen molar-refractivity contribution < 1.29 is 13.2 Å². The van der Waals surface area contributed by atoms with Crippen LogP contribution in [-0.2, 0) is 22.3 Å². The summed E-state index contributed by atoms with van der Waals surface area (Å²) in [7, 11) is -3.69. The summed E-state index contributed by atoms with van der Waals surface area (Å²) in [5.41, 5.74) is 2.59. The summed E-state index contributed by atoms with van der Waals surface area (Å²) >= 11 is 6.56. The van der Waals surface area contributed by atoms with Gasteiger partial charge in [0.05, 0.1) is 16.4 Å². The molecule has 1 aromatic heterocycles. The Morgan fingerprint density at radius 2 is 1.82 bits per heavy atom. The molecule has 1 aromatic carbocycles. The highest BCUT2D eigenvalue weighted by Crippen LogP contribution is 2.35. The molecule has 0 spiro atoms. The fourth-order valence-electron chi connectivity index (χ4n) is 5.20. The molecule has 10 nitrogen and oxygen atoms in total. The number of sulfonamides is 1. The van der Waals surface area contributed by atoms with Crippen molar-refractivity contribution in [1.82, 2.24) is 24.9 Å². The van der Waals surface area contributed by atoms with E-state index in [4.69, 9.17) is 16.7 Å². The van der Waals surface area contributed by atoms with Crippen molar-refractivity contribution in [3.05, 3.63) is 46.7 Å². The highest BCUT2D eigenvalue weighted by molar-refractivity contribution is 7.88. The third kappa shape index (κ3) is 5.23. The van der Waals surface area contributed by atoms with E-state index in [2.05, 4.69) is 32.3 Å². The van der Waals surface area contributed by atoms with Crippen LogP contribution in [0.25, 0.3) is 0 Å². The summed E-state index contributed by atoms with van der Waals surface area (Å²) < 4.78 is 23.7. The minimum absolute atomic E-state index is 0.255. The van der Waals surface area contributed by atoms with Crippen LogP contribution >= 0.6 is 11.6 Å². The first-order chi connectivity index (χ1) is 16.2. The second kappa shape index (κ2) is 9.46. The summed E-state index contributed by atoms with van der Waals surface area (Å²) in [6.45, 7) is 7.72. The first-order valence-corrected chi connectivity index (χ1v) is 13.7. The number of carbonyl (C=O) groups excluding carboxylic acids is 1. The fraction of sp³-hybridized carbons (Fsp3) is 0.545. The van der Waals surface area contributed by atoms with Crippen LogP contribution in [0, 0.1) is 11.8 Å². The molecule has 2 unspecified atom stereocenters. The Morgan fingerprint density at radius 1 is 1.12 bits per heavy atom. The number of fused-ring (bicyclic) bond motifs is 1. The Hall–Kier alpha value is -2.18. The van der Waals surface area contributed by atoms with Gasteiger partial charge < -0.3 is 15.1 Å². The van der Waals surface area contributed by atoms with E-state index in [1.54, 1.807) is 4.90 Å². The van der Waals surface area contributed by atoms with Gasteiger partial charge in [-0.05, 0) is 35.6 Å². The second-order valence-corrected chi connectivity index (χ2v) is 11.5. The predicted molar refractivity (Wildman–Crippen MR) is 130 cm³/mol. The summed E-state index contributed by atoms with van der Waals surface area (Å²) in [5, 5.41) is 13.4. The van der Waals surface area contributed by atoms with Gasteiger partial charge in [-0.25, -0.2) is 18.4 Å². The number of hydrogen-bond donors (Lipinski definition) is 2. The molecule has 0 bridgehead atoms. The van der Waals surface area contributed by atoms with Crippen molar-refractivity contribution >= 4 is 33.3 Å². The molecular weight excluding hydrogens is 478 g/mol. The molecule has 0 saturated carbocycles. The molecule has 3 fully saturated rings. The van der Waals surface area contributed by atoms with Crippen molar-refractivity contribution in [2.45, 2.75) is 12.3 Å². The number of piperazine rings is 1. The molecule has 2 atom stereocenters. The van der Waals surface area contributed by atoms with E-state index in [1.807, 2.05) is 6.07 Å². The molecule has 0 radical (unpaired) electrons. The SMILES string of the molecule is NS(=O)(=O)Cc1ccn(C(=O)N2CCN(Cc3ccc(Cl)c(N4CC5CNCC5C4)c3)CC2)n1. The summed E-state index contributed by atoms with van der Waals surface area (Å²) in [4.78, 5) is 19.2. The minimum atomic E-state index is -3.69. The van der Waals surface area contributed by atoms with Crippen LogP contribution in [0.1, 0.15) is 11.3 Å². The number of rotatable bonds is 5. The van der Waals surface area contributed by atoms with Crippen LogP contribution in [-0.4, -0.2) is 86.4 Å². The molecule has 3 saturated heterocycles. The van der Waals surface area contributed by atoms with Gasteiger partial charge in [-0.3, -0.25) is 4.90 Å². The molecule has 3 N–H and O–H groups in total. The highest BCUT2D eigenvalue weighted by Gasteiger charge is 2.36. The van der Waals surface area contributed by atoms with Crippen LogP contribution in [0.5, 0.6) is 0 Å². The Labute approximate surface area is 204 Å². The number of benzene rings is 1. The Kier molecular flexibility index (Phi) is 6.56. The largest absolute Gasteiger partial charge is 0.370 e. The number of halogens is 1. The number of amides is 1. The smallest absolute Gasteiger partial charge is 0.344 e. The van der Waals surface area contributed by atoms with Gasteiger partial charge in [0.15, 0.2) is 0 Å². The number of aromatic nitrogens is 2. The van der Waals surface area contributed by atoms with Crippen LogP contribution in [0.15, 0.2) is 30.5 Å². The molecule has 2 aromatic rings. The standard InChI is InChI=1S/C22H30ClN7O3S/c23-20-2-1-16(9-21(20)29-13-17-10-25-11-18(17)14-29)12-27-5-7-28(8-6-27)22(31)30-4-3-19(26-30)15-34(24,32)33/h1-4,9,17-18,25H,5-8,10-15H2,(H2,24,32,33). The number of hydrogen-bond acceptors (Lipinski definition) is 7. The lowest BCUT2D eigenvalue weighted by atomic mass is 10.0. The monoisotopic (exact) mass is 507 g/mol. The number of primary sulfonamides is 1. The lowest BCUT2D eigenvalue weighted by Gasteiger charge is -2.34. The van der Waals surface area contributed by atoms with Crippen molar-refractivity contribution in [2.24, 2.45) is 17.0 Å². The molecule has 3 aliphatic heterocycles. The Morgan fingerprint density at radius 3 is 2.50 bits per heavy atom. The van der Waals surface area contributed by atoms with E-state index in [-0.39, 0.29) is 17.5 Å². The predicted octanol–water partition coefficient (Wildman–Crippen LogP) is 0.767. The molecule has 4 heterocycles. The average Bonchev–Trinajstić information content (AvgIpc) is 3.51. The normalized spacial score (nSPS) is 23.5. The Balaban J connectivity index is 1.16. The van der Waals surface area contributed by atoms with Gasteiger partial charge in [-0.2, -0.15) is 9.78 Å². The van der Waals surface area contributed by atoms with E-state index in [1.165, 1.54) is 22.5 Å². The van der Waals surface area contributed by atoms with Gasteiger partial charge in [0.1, 0.15) is 5.75 Å². The molecule has 184 valence electrons. The van der Waals surface area contributed by atoms with E-state index in [0.29, 0.717) is 24.9 Å². The van der Waals surface area contributed by atoms with Crippen molar-refractivity contribution in [3.63, 3.8) is 0 Å². The third-order valence-corrected chi connectivity index (χ3v) is 8.00. The first kappa shape index (κ1) is 23.6. The number of anilines is 1. The number of nitrogens with one attached hydrogen (secondary N) is 1. The lowest BCUT2D eigenvalue weighted by Crippen LogP contribution is -2.49. The van der Waals surface area contributed by atoms with Gasteiger partial charge in [0.2, 0.25) is 10.0 Å². The van der Waals surface area contributed by atoms with Gasteiger partial charge in [-0.1, -0.05) is 17.7 Å². The zero-order valence-electron chi connectivity index (χ0n) is 18.9. The average molecular weight is 508 g/mol. The molecule has 3 aliphatic rings. The number of nitrogens with zero attached hydrogens (tertiary/aromatic N) is 5. The van der Waals surface area contributed by atoms with E-state index in [9.17, 15) is 13.2 Å². The quantitative estimate of drug-likeness (QED) is 0.613. The van der Waals surface area contributed by atoms with Gasteiger partial charge in [-0.15, -0.1) is 0 Å². The van der Waals surface area contributed by atoms with Crippen LogP contribution in [0.2, 0.25) is 5.02 Å². The van der Waals surface area contributed by atoms with Crippen LogP contribution in [0.4, 0.5) is 10.5 Å². The second-order valence-electron chi connectivity index (χ2n) is 9.47. The number of carbonyl (C=O) groups is 1. The Bertz CT molecular complexity index is 1150. The highest BCUT2D eigenvalue weighted by atomic mass is 35.5. The third-order valence-electron chi connectivity index (χ3n) is 6.98. The van der Waals surface area contributed by atoms with E-state index in [0.717, 1.165) is 56.5 Å². The van der Waals surface area contributed by atoms with Crippen molar-refractivity contribution in [3.8, 4) is 0 Å². The molecule has 1 amide bonds. The van der Waals surface area contributed by atoms with Crippen LogP contribution < -0.4 is 15.4 Å². The minimum Gasteiger partial charge on any atom is -0.370 e. The molecule has 5 rings (SSSR count). The first-order valence-electron chi connectivity index (χ1n) is 11.6. The van der Waals surface area contributed by atoms with Gasteiger partial charge in [0, 0.05) is 65.1 Å². The van der Waals surface area contributed by atoms with Gasteiger partial charge in [0.25, 0.3) is 0 Å². The van der Waals surface area contributed by atoms with E-state index < -0.39 is 10.0 Å². The zero-order chi connectivity index (χ0) is 23.9. The maximum atomic E-state index is 12.8. The summed E-state index contributed by atoms with van der Waals surface area (Å²) in [5.74, 6) is 1.02. The zero-order valence-corrected chi connectivity index (χ0v) is 20.5. The summed E-state index contributed by atoms with van der Waals surface area (Å²) in [6.07, 6.45) is 1.48. The molecule has 34 heavy (non-hydrogen) atoms. The van der Waals surface area contributed by atoms with Gasteiger partial charge >= 0.3 is 6.03 Å².